The van der Waals surface area contributed by atoms with Gasteiger partial charge in [0.15, 0.2) is 0 Å². The van der Waals surface area contributed by atoms with E-state index in [1.807, 2.05) is 60.7 Å². The molecule has 5 heteroatoms. The first-order valence-corrected chi connectivity index (χ1v) is 7.89. The summed E-state index contributed by atoms with van der Waals surface area (Å²) in [6.45, 7) is 0.0476. The zero-order valence-corrected chi connectivity index (χ0v) is 13.1. The van der Waals surface area contributed by atoms with Gasteiger partial charge in [-0.05, 0) is 11.1 Å². The Morgan fingerprint density at radius 3 is 1.92 bits per heavy atom. The van der Waals surface area contributed by atoms with E-state index in [-0.39, 0.29) is 18.9 Å². The summed E-state index contributed by atoms with van der Waals surface area (Å²) in [6.07, 6.45) is -0.737. The fourth-order valence-electron chi connectivity index (χ4n) is 3.23. The molecule has 2 atom stereocenters. The topological polar surface area (TPSA) is 77.8 Å². The molecule has 2 aromatic carbocycles. The highest BCUT2D eigenvalue weighted by atomic mass is 16.4. The molecule has 0 aliphatic carbocycles. The summed E-state index contributed by atoms with van der Waals surface area (Å²) in [4.78, 5) is 25.9. The first-order valence-electron chi connectivity index (χ1n) is 7.89. The smallest absolute Gasteiger partial charge is 0.326 e. The van der Waals surface area contributed by atoms with Crippen LogP contribution in [0.25, 0.3) is 0 Å². The van der Waals surface area contributed by atoms with Crippen LogP contribution in [0.5, 0.6) is 0 Å². The Kier molecular flexibility index (Phi) is 4.62. The highest BCUT2D eigenvalue weighted by molar-refractivity contribution is 5.91. The van der Waals surface area contributed by atoms with Gasteiger partial charge in [0.2, 0.25) is 5.91 Å². The molecule has 0 bridgehead atoms. The highest BCUT2D eigenvalue weighted by Gasteiger charge is 2.41. The number of aliphatic hydroxyl groups excluding tert-OH is 1. The van der Waals surface area contributed by atoms with E-state index in [0.717, 1.165) is 11.1 Å². The quantitative estimate of drug-likeness (QED) is 0.899. The number of nitrogens with zero attached hydrogens (tertiary/aromatic N) is 1. The van der Waals surface area contributed by atoms with Crippen LogP contribution < -0.4 is 0 Å². The van der Waals surface area contributed by atoms with Crippen molar-refractivity contribution in [2.45, 2.75) is 24.5 Å². The van der Waals surface area contributed by atoms with Crippen molar-refractivity contribution in [2.75, 3.05) is 6.54 Å². The minimum absolute atomic E-state index is 0.0476. The molecule has 0 spiro atoms. The molecule has 2 aromatic rings. The normalized spacial score (nSPS) is 20.3. The van der Waals surface area contributed by atoms with Gasteiger partial charge in [-0.2, -0.15) is 0 Å². The van der Waals surface area contributed by atoms with E-state index < -0.39 is 24.0 Å². The monoisotopic (exact) mass is 325 g/mol. The SMILES string of the molecule is O=C(O)C1CC(O)CN1C(=O)C(c1ccccc1)c1ccccc1. The van der Waals surface area contributed by atoms with E-state index in [9.17, 15) is 19.8 Å². The summed E-state index contributed by atoms with van der Waals surface area (Å²) in [6, 6.07) is 17.6. The first-order chi connectivity index (χ1) is 11.6. The van der Waals surface area contributed by atoms with Crippen molar-refractivity contribution in [3.05, 3.63) is 71.8 Å². The van der Waals surface area contributed by atoms with E-state index in [4.69, 9.17) is 0 Å². The lowest BCUT2D eigenvalue weighted by molar-refractivity contribution is -0.148. The van der Waals surface area contributed by atoms with Crippen molar-refractivity contribution in [1.29, 1.82) is 0 Å². The number of benzene rings is 2. The molecule has 2 N–H and O–H groups in total. The van der Waals surface area contributed by atoms with Gasteiger partial charge in [-0.1, -0.05) is 60.7 Å². The van der Waals surface area contributed by atoms with Gasteiger partial charge < -0.3 is 15.1 Å². The van der Waals surface area contributed by atoms with Gasteiger partial charge in [0.05, 0.1) is 12.0 Å². The Bertz CT molecular complexity index is 677. The maximum Gasteiger partial charge on any atom is 0.326 e. The second kappa shape index (κ2) is 6.84. The average Bonchev–Trinajstić information content (AvgIpc) is 2.99. The predicted molar refractivity (Wildman–Crippen MR) is 88.5 cm³/mol. The Morgan fingerprint density at radius 2 is 1.46 bits per heavy atom. The summed E-state index contributed by atoms with van der Waals surface area (Å²) in [7, 11) is 0. The van der Waals surface area contributed by atoms with E-state index in [0.29, 0.717) is 0 Å². The number of rotatable bonds is 4. The molecular formula is C19H19NO4. The van der Waals surface area contributed by atoms with Gasteiger partial charge in [-0.3, -0.25) is 4.79 Å². The molecular weight excluding hydrogens is 306 g/mol. The average molecular weight is 325 g/mol. The summed E-state index contributed by atoms with van der Waals surface area (Å²) < 4.78 is 0. The molecule has 3 rings (SSSR count). The van der Waals surface area contributed by atoms with Gasteiger partial charge in [0.1, 0.15) is 6.04 Å². The minimum atomic E-state index is -1.08. The first kappa shape index (κ1) is 16.2. The number of β-amino-alcohol motifs (C(OH)–C–C–N with tert-alkyl or cyclic N) is 1. The molecule has 0 aromatic heterocycles. The molecule has 1 aliphatic rings. The number of carbonyl (C=O) groups is 2. The number of aliphatic carboxylic acids is 1. The van der Waals surface area contributed by atoms with Crippen LogP contribution in [-0.4, -0.2) is 45.7 Å². The van der Waals surface area contributed by atoms with E-state index in [1.165, 1.54) is 4.90 Å². The summed E-state index contributed by atoms with van der Waals surface area (Å²) >= 11 is 0. The summed E-state index contributed by atoms with van der Waals surface area (Å²) in [5.41, 5.74) is 1.61. The fraction of sp³-hybridized carbons (Fsp3) is 0.263. The van der Waals surface area contributed by atoms with Crippen molar-refractivity contribution in [2.24, 2.45) is 0 Å². The zero-order valence-electron chi connectivity index (χ0n) is 13.1. The molecule has 124 valence electrons. The standard InChI is InChI=1S/C19H19NO4/c21-15-11-16(19(23)24)20(12-15)18(22)17(13-7-3-1-4-8-13)14-9-5-2-6-10-14/h1-10,15-17,21H,11-12H2,(H,23,24). The number of carboxylic acids is 1. The molecule has 1 fully saturated rings. The van der Waals surface area contributed by atoms with Crippen LogP contribution in [0.1, 0.15) is 23.5 Å². The molecule has 0 saturated carbocycles. The van der Waals surface area contributed by atoms with Gasteiger partial charge in [-0.15, -0.1) is 0 Å². The van der Waals surface area contributed by atoms with Gasteiger partial charge in [-0.25, -0.2) is 4.79 Å². The van der Waals surface area contributed by atoms with Crippen LogP contribution in [0, 0.1) is 0 Å². The number of carboxylic acid groups (broad SMARTS) is 1. The maximum atomic E-state index is 13.2. The summed E-state index contributed by atoms with van der Waals surface area (Å²) in [5, 5.41) is 19.2. The lowest BCUT2D eigenvalue weighted by Crippen LogP contribution is -2.43. The van der Waals surface area contributed by atoms with Crippen molar-refractivity contribution in [3.8, 4) is 0 Å². The minimum Gasteiger partial charge on any atom is -0.480 e. The third-order valence-electron chi connectivity index (χ3n) is 4.36. The second-order valence-corrected chi connectivity index (χ2v) is 5.99. The van der Waals surface area contributed by atoms with Crippen molar-refractivity contribution in [3.63, 3.8) is 0 Å². The Hall–Kier alpha value is -2.66. The Balaban J connectivity index is 2.00. The summed E-state index contributed by atoms with van der Waals surface area (Å²) in [5.74, 6) is -1.96. The molecule has 0 radical (unpaired) electrons. The van der Waals surface area contributed by atoms with Crippen LogP contribution >= 0.6 is 0 Å². The van der Waals surface area contributed by atoms with Gasteiger partial charge >= 0.3 is 5.97 Å². The van der Waals surface area contributed by atoms with Crippen LogP contribution in [0.15, 0.2) is 60.7 Å². The van der Waals surface area contributed by atoms with Crippen LogP contribution in [0.2, 0.25) is 0 Å². The Morgan fingerprint density at radius 1 is 0.958 bits per heavy atom. The van der Waals surface area contributed by atoms with E-state index >= 15 is 0 Å². The predicted octanol–water partition coefficient (Wildman–Crippen LogP) is 1.86. The van der Waals surface area contributed by atoms with Crippen LogP contribution in [-0.2, 0) is 9.59 Å². The molecule has 1 saturated heterocycles. The molecule has 5 nitrogen and oxygen atoms in total. The third kappa shape index (κ3) is 3.16. The highest BCUT2D eigenvalue weighted by Crippen LogP contribution is 2.30. The van der Waals surface area contributed by atoms with E-state index in [2.05, 4.69) is 0 Å². The van der Waals surface area contributed by atoms with E-state index in [1.54, 1.807) is 0 Å². The lowest BCUT2D eigenvalue weighted by Gasteiger charge is -2.27. The van der Waals surface area contributed by atoms with Crippen LogP contribution in [0.3, 0.4) is 0 Å². The second-order valence-electron chi connectivity index (χ2n) is 5.99. The van der Waals surface area contributed by atoms with Crippen LogP contribution in [0.4, 0.5) is 0 Å². The Labute approximate surface area is 140 Å². The third-order valence-corrected chi connectivity index (χ3v) is 4.36. The number of aliphatic hydroxyl groups is 1. The molecule has 1 aliphatic heterocycles. The number of likely N-dealkylation sites (tertiary alicyclic amines) is 1. The number of amides is 1. The van der Waals surface area contributed by atoms with Crippen molar-refractivity contribution >= 4 is 11.9 Å². The van der Waals surface area contributed by atoms with Crippen molar-refractivity contribution in [1.82, 2.24) is 4.90 Å². The maximum absolute atomic E-state index is 13.2. The lowest BCUT2D eigenvalue weighted by atomic mass is 9.90. The van der Waals surface area contributed by atoms with Gasteiger partial charge in [0, 0.05) is 13.0 Å². The van der Waals surface area contributed by atoms with Gasteiger partial charge in [0.25, 0.3) is 0 Å². The molecule has 24 heavy (non-hydrogen) atoms. The molecule has 1 amide bonds. The number of carbonyl (C=O) groups excluding carboxylic acids is 1. The van der Waals surface area contributed by atoms with Crippen molar-refractivity contribution < 1.29 is 19.8 Å². The largest absolute Gasteiger partial charge is 0.480 e. The molecule has 1 heterocycles. The molecule has 2 unspecified atom stereocenters. The fourth-order valence-corrected chi connectivity index (χ4v) is 3.23. The zero-order chi connectivity index (χ0) is 17.1. The number of hydrogen-bond acceptors (Lipinski definition) is 3. The number of hydrogen-bond donors (Lipinski definition) is 2.